The third kappa shape index (κ3) is 4.04. The maximum absolute atomic E-state index is 15.1. The Balaban J connectivity index is 1.73. The van der Waals surface area contributed by atoms with Crippen LogP contribution in [-0.4, -0.2) is 82.8 Å². The van der Waals surface area contributed by atoms with E-state index >= 15 is 4.39 Å². The number of piperazine rings is 1. The standard InChI is InChI=1S/C22H30FN5O3/c1-22(2,3)28-13-16(21(30)31)18(29)15-11-17(23)20(24-19(15)28)27-6-5-14(12-27)26-9-7-25(4)8-10-26/h11,13-14H,5-10,12H2,1-4H3,(H,30,31)/t14-/m1/s1. The summed E-state index contributed by atoms with van der Waals surface area (Å²) in [5.41, 5.74) is -1.32. The van der Waals surface area contributed by atoms with Crippen molar-refractivity contribution < 1.29 is 14.3 Å². The zero-order chi connectivity index (χ0) is 22.5. The lowest BCUT2D eigenvalue weighted by Gasteiger charge is -2.36. The molecule has 4 heterocycles. The first-order valence-electron chi connectivity index (χ1n) is 10.7. The average Bonchev–Trinajstić information content (AvgIpc) is 3.17. The van der Waals surface area contributed by atoms with E-state index in [1.807, 2.05) is 25.7 Å². The van der Waals surface area contributed by atoms with Crippen LogP contribution in [0.1, 0.15) is 37.6 Å². The number of halogens is 1. The van der Waals surface area contributed by atoms with E-state index in [0.717, 1.165) is 38.7 Å². The number of aromatic carboxylic acids is 1. The van der Waals surface area contributed by atoms with Crippen molar-refractivity contribution in [2.75, 3.05) is 51.2 Å². The molecule has 0 unspecified atom stereocenters. The monoisotopic (exact) mass is 431 g/mol. The van der Waals surface area contributed by atoms with E-state index in [1.54, 1.807) is 4.57 Å². The van der Waals surface area contributed by atoms with E-state index in [-0.39, 0.29) is 16.8 Å². The van der Waals surface area contributed by atoms with Gasteiger partial charge in [0.05, 0.1) is 5.39 Å². The lowest BCUT2D eigenvalue weighted by atomic mass is 10.1. The number of hydrogen-bond acceptors (Lipinski definition) is 6. The molecule has 2 aromatic heterocycles. The molecule has 2 fully saturated rings. The molecule has 8 nitrogen and oxygen atoms in total. The molecular weight excluding hydrogens is 401 g/mol. The van der Waals surface area contributed by atoms with Gasteiger partial charge in [-0.15, -0.1) is 0 Å². The van der Waals surface area contributed by atoms with Crippen LogP contribution in [0.15, 0.2) is 17.1 Å². The summed E-state index contributed by atoms with van der Waals surface area (Å²) in [7, 11) is 2.12. The van der Waals surface area contributed by atoms with Crippen LogP contribution < -0.4 is 10.3 Å². The summed E-state index contributed by atoms with van der Waals surface area (Å²) >= 11 is 0. The van der Waals surface area contributed by atoms with E-state index in [2.05, 4.69) is 21.8 Å². The molecule has 2 saturated heterocycles. The van der Waals surface area contributed by atoms with Crippen molar-refractivity contribution in [1.82, 2.24) is 19.4 Å². The van der Waals surface area contributed by atoms with Crippen LogP contribution in [0.2, 0.25) is 0 Å². The fourth-order valence-corrected chi connectivity index (χ4v) is 4.52. The first-order valence-corrected chi connectivity index (χ1v) is 10.7. The zero-order valence-corrected chi connectivity index (χ0v) is 18.6. The Morgan fingerprint density at radius 3 is 2.48 bits per heavy atom. The summed E-state index contributed by atoms with van der Waals surface area (Å²) in [6.45, 7) is 11.1. The smallest absolute Gasteiger partial charge is 0.341 e. The largest absolute Gasteiger partial charge is 0.477 e. The first kappa shape index (κ1) is 21.7. The first-order chi connectivity index (χ1) is 14.6. The van der Waals surface area contributed by atoms with Crippen molar-refractivity contribution in [1.29, 1.82) is 0 Å². The van der Waals surface area contributed by atoms with E-state index < -0.39 is 22.8 Å². The van der Waals surface area contributed by atoms with E-state index in [1.165, 1.54) is 6.20 Å². The molecule has 2 aliphatic rings. The maximum Gasteiger partial charge on any atom is 0.341 e. The Bertz CT molecular complexity index is 1070. The molecule has 0 saturated carbocycles. The van der Waals surface area contributed by atoms with Crippen LogP contribution in [0.3, 0.4) is 0 Å². The van der Waals surface area contributed by atoms with E-state index in [4.69, 9.17) is 0 Å². The van der Waals surface area contributed by atoms with Crippen LogP contribution in [0.25, 0.3) is 11.0 Å². The number of fused-ring (bicyclic) bond motifs is 1. The van der Waals surface area contributed by atoms with Gasteiger partial charge in [-0.2, -0.15) is 0 Å². The summed E-state index contributed by atoms with van der Waals surface area (Å²) in [6, 6.07) is 1.50. The van der Waals surface area contributed by atoms with Gasteiger partial charge >= 0.3 is 5.97 Å². The quantitative estimate of drug-likeness (QED) is 0.794. The van der Waals surface area contributed by atoms with Crippen molar-refractivity contribution in [3.05, 3.63) is 33.9 Å². The third-order valence-electron chi connectivity index (χ3n) is 6.38. The number of anilines is 1. The molecule has 0 aliphatic carbocycles. The highest BCUT2D eigenvalue weighted by Crippen LogP contribution is 2.28. The second-order valence-corrected chi connectivity index (χ2v) is 9.61. The molecule has 168 valence electrons. The fourth-order valence-electron chi connectivity index (χ4n) is 4.52. The number of carboxylic acids is 1. The average molecular weight is 432 g/mol. The highest BCUT2D eigenvalue weighted by atomic mass is 19.1. The second-order valence-electron chi connectivity index (χ2n) is 9.61. The van der Waals surface area contributed by atoms with Crippen LogP contribution in [0, 0.1) is 5.82 Å². The Kier molecular flexibility index (Phi) is 5.51. The number of hydrogen-bond donors (Lipinski definition) is 1. The Hall–Kier alpha value is -2.52. The predicted molar refractivity (Wildman–Crippen MR) is 118 cm³/mol. The minimum atomic E-state index is -1.33. The molecular formula is C22H30FN5O3. The molecule has 1 N–H and O–H groups in total. The summed E-state index contributed by atoms with van der Waals surface area (Å²) in [5, 5.41) is 9.43. The molecule has 2 aromatic rings. The van der Waals surface area contributed by atoms with Crippen LogP contribution in [-0.2, 0) is 5.54 Å². The van der Waals surface area contributed by atoms with Crippen LogP contribution in [0.4, 0.5) is 10.2 Å². The van der Waals surface area contributed by atoms with Gasteiger partial charge in [0.15, 0.2) is 11.6 Å². The van der Waals surface area contributed by atoms with Gasteiger partial charge in [0.2, 0.25) is 5.43 Å². The minimum Gasteiger partial charge on any atom is -0.477 e. The number of pyridine rings is 2. The van der Waals surface area contributed by atoms with Crippen molar-refractivity contribution in [2.45, 2.75) is 38.8 Å². The fraction of sp³-hybridized carbons (Fsp3) is 0.591. The lowest BCUT2D eigenvalue weighted by molar-refractivity contribution is 0.0694. The van der Waals surface area contributed by atoms with Crippen LogP contribution in [0.5, 0.6) is 0 Å². The molecule has 9 heteroatoms. The SMILES string of the molecule is CN1CCN([C@@H]2CCN(c3nc4c(cc3F)c(=O)c(C(=O)O)cn4C(C)(C)C)C2)CC1. The molecule has 2 aliphatic heterocycles. The van der Waals surface area contributed by atoms with Gasteiger partial charge < -0.3 is 19.5 Å². The number of aromatic nitrogens is 2. The van der Waals surface area contributed by atoms with Crippen molar-refractivity contribution >= 4 is 22.8 Å². The Morgan fingerprint density at radius 1 is 1.19 bits per heavy atom. The topological polar surface area (TPSA) is 81.9 Å². The lowest BCUT2D eigenvalue weighted by Crippen LogP contribution is -2.49. The van der Waals surface area contributed by atoms with Gasteiger partial charge in [0.25, 0.3) is 0 Å². The summed E-state index contributed by atoms with van der Waals surface area (Å²) in [6.07, 6.45) is 2.26. The highest BCUT2D eigenvalue weighted by molar-refractivity contribution is 5.92. The normalized spacial score (nSPS) is 21.2. The Morgan fingerprint density at radius 2 is 1.87 bits per heavy atom. The van der Waals surface area contributed by atoms with Crippen molar-refractivity contribution in [2.24, 2.45) is 0 Å². The second kappa shape index (κ2) is 7.87. The number of carbonyl (C=O) groups is 1. The predicted octanol–water partition coefficient (Wildman–Crippen LogP) is 1.81. The number of nitrogens with zero attached hydrogens (tertiary/aromatic N) is 5. The zero-order valence-electron chi connectivity index (χ0n) is 18.6. The molecule has 0 radical (unpaired) electrons. The number of carboxylic acid groups (broad SMARTS) is 1. The van der Waals surface area contributed by atoms with Gasteiger partial charge in [-0.05, 0) is 40.3 Å². The number of rotatable bonds is 3. The van der Waals surface area contributed by atoms with E-state index in [9.17, 15) is 14.7 Å². The van der Waals surface area contributed by atoms with Crippen molar-refractivity contribution in [3.63, 3.8) is 0 Å². The summed E-state index contributed by atoms with van der Waals surface area (Å²) in [4.78, 5) is 35.5. The van der Waals surface area contributed by atoms with Gasteiger partial charge in [-0.1, -0.05) is 0 Å². The molecule has 0 amide bonds. The molecule has 0 bridgehead atoms. The van der Waals surface area contributed by atoms with Gasteiger partial charge in [-0.25, -0.2) is 14.2 Å². The maximum atomic E-state index is 15.1. The molecule has 1 atom stereocenters. The van der Waals surface area contributed by atoms with Crippen molar-refractivity contribution in [3.8, 4) is 0 Å². The Labute approximate surface area is 180 Å². The van der Waals surface area contributed by atoms with Crippen LogP contribution >= 0.6 is 0 Å². The van der Waals surface area contributed by atoms with E-state index in [0.29, 0.717) is 24.8 Å². The molecule has 0 spiro atoms. The number of likely N-dealkylation sites (N-methyl/N-ethyl adjacent to an activating group) is 1. The third-order valence-corrected chi connectivity index (χ3v) is 6.38. The molecule has 31 heavy (non-hydrogen) atoms. The highest BCUT2D eigenvalue weighted by Gasteiger charge is 2.32. The summed E-state index contributed by atoms with van der Waals surface area (Å²) < 4.78 is 16.8. The minimum absolute atomic E-state index is 0.00844. The van der Waals surface area contributed by atoms with Gasteiger partial charge in [0, 0.05) is 57.0 Å². The molecule has 0 aromatic carbocycles. The van der Waals surface area contributed by atoms with Gasteiger partial charge in [-0.3, -0.25) is 9.69 Å². The summed E-state index contributed by atoms with van der Waals surface area (Å²) in [5.74, 6) is -1.69. The molecule has 4 rings (SSSR count). The van der Waals surface area contributed by atoms with Gasteiger partial charge in [0.1, 0.15) is 11.2 Å².